The quantitative estimate of drug-likeness (QED) is 0.774. The van der Waals surface area contributed by atoms with E-state index in [1.807, 2.05) is 37.3 Å². The maximum Gasteiger partial charge on any atom is 0.305 e. The molecule has 0 aliphatic carbocycles. The van der Waals surface area contributed by atoms with Crippen molar-refractivity contribution < 1.29 is 9.90 Å². The van der Waals surface area contributed by atoms with E-state index in [0.29, 0.717) is 12.8 Å². The lowest BCUT2D eigenvalue weighted by Crippen LogP contribution is -2.43. The molecule has 3 nitrogen and oxygen atoms in total. The molecule has 82 valence electrons. The monoisotopic (exact) mass is 207 g/mol. The van der Waals surface area contributed by atoms with Crippen molar-refractivity contribution in [1.82, 2.24) is 0 Å². The topological polar surface area (TPSA) is 63.3 Å². The summed E-state index contributed by atoms with van der Waals surface area (Å²) < 4.78 is 0. The van der Waals surface area contributed by atoms with Crippen molar-refractivity contribution in [2.75, 3.05) is 0 Å². The summed E-state index contributed by atoms with van der Waals surface area (Å²) in [6.07, 6.45) is 1.28. The minimum absolute atomic E-state index is 0.0123. The molecular formula is C12H17NO2. The number of nitrogens with two attached hydrogens (primary N) is 1. The third-order valence-electron chi connectivity index (χ3n) is 2.61. The fraction of sp³-hybridized carbons (Fsp3) is 0.417. The first kappa shape index (κ1) is 11.7. The van der Waals surface area contributed by atoms with Gasteiger partial charge in [-0.1, -0.05) is 37.3 Å². The van der Waals surface area contributed by atoms with Gasteiger partial charge in [-0.25, -0.2) is 0 Å². The predicted octanol–water partition coefficient (Wildman–Crippen LogP) is 1.81. The van der Waals surface area contributed by atoms with E-state index in [4.69, 9.17) is 10.8 Å². The summed E-state index contributed by atoms with van der Waals surface area (Å²) >= 11 is 0. The molecule has 1 aromatic rings. The van der Waals surface area contributed by atoms with Gasteiger partial charge in [-0.15, -0.1) is 0 Å². The smallest absolute Gasteiger partial charge is 0.305 e. The number of carboxylic acids is 1. The molecule has 0 aliphatic heterocycles. The zero-order chi connectivity index (χ0) is 11.3. The summed E-state index contributed by atoms with van der Waals surface area (Å²) in [5.74, 6) is -0.838. The van der Waals surface area contributed by atoms with Crippen LogP contribution in [0.1, 0.15) is 25.3 Å². The van der Waals surface area contributed by atoms with E-state index in [1.54, 1.807) is 0 Å². The van der Waals surface area contributed by atoms with Crippen LogP contribution >= 0.6 is 0 Å². The second-order valence-electron chi connectivity index (χ2n) is 3.95. The van der Waals surface area contributed by atoms with E-state index >= 15 is 0 Å². The molecule has 0 aliphatic rings. The predicted molar refractivity (Wildman–Crippen MR) is 59.6 cm³/mol. The number of benzene rings is 1. The SMILES string of the molecule is CCC(N)(CC(=O)O)Cc1ccccc1. The van der Waals surface area contributed by atoms with E-state index in [-0.39, 0.29) is 6.42 Å². The van der Waals surface area contributed by atoms with Gasteiger partial charge < -0.3 is 10.8 Å². The second kappa shape index (κ2) is 4.94. The first-order valence-corrected chi connectivity index (χ1v) is 5.10. The molecule has 0 bridgehead atoms. The van der Waals surface area contributed by atoms with Gasteiger partial charge in [0.05, 0.1) is 6.42 Å². The summed E-state index contributed by atoms with van der Waals surface area (Å²) in [5, 5.41) is 8.78. The Balaban J connectivity index is 2.72. The molecule has 3 N–H and O–H groups in total. The largest absolute Gasteiger partial charge is 0.481 e. The lowest BCUT2D eigenvalue weighted by molar-refractivity contribution is -0.138. The van der Waals surface area contributed by atoms with Crippen LogP contribution in [0.15, 0.2) is 30.3 Å². The van der Waals surface area contributed by atoms with Crippen LogP contribution in [-0.2, 0) is 11.2 Å². The summed E-state index contributed by atoms with van der Waals surface area (Å²) in [5.41, 5.74) is 6.50. The Hall–Kier alpha value is -1.35. The van der Waals surface area contributed by atoms with E-state index in [0.717, 1.165) is 5.56 Å². The van der Waals surface area contributed by atoms with Gasteiger partial charge in [0.25, 0.3) is 0 Å². The van der Waals surface area contributed by atoms with Crippen LogP contribution in [0.3, 0.4) is 0 Å². The minimum Gasteiger partial charge on any atom is -0.481 e. The molecule has 0 spiro atoms. The Morgan fingerprint density at radius 3 is 2.47 bits per heavy atom. The van der Waals surface area contributed by atoms with Crippen LogP contribution < -0.4 is 5.73 Å². The number of aliphatic carboxylic acids is 1. The van der Waals surface area contributed by atoms with Crippen LogP contribution in [0.2, 0.25) is 0 Å². The molecule has 0 saturated carbocycles. The molecule has 1 aromatic carbocycles. The minimum atomic E-state index is -0.838. The van der Waals surface area contributed by atoms with Crippen LogP contribution in [0.25, 0.3) is 0 Å². The molecule has 1 atom stereocenters. The Morgan fingerprint density at radius 2 is 2.00 bits per heavy atom. The normalized spacial score (nSPS) is 14.5. The van der Waals surface area contributed by atoms with Crippen LogP contribution in [0, 0.1) is 0 Å². The lowest BCUT2D eigenvalue weighted by Gasteiger charge is -2.26. The van der Waals surface area contributed by atoms with Crippen molar-refractivity contribution in [3.63, 3.8) is 0 Å². The molecule has 1 unspecified atom stereocenters. The summed E-state index contributed by atoms with van der Waals surface area (Å²) in [6, 6.07) is 9.75. The van der Waals surface area contributed by atoms with E-state index < -0.39 is 11.5 Å². The fourth-order valence-electron chi connectivity index (χ4n) is 1.62. The molecule has 0 amide bonds. The molecule has 3 heteroatoms. The van der Waals surface area contributed by atoms with E-state index in [2.05, 4.69) is 0 Å². The number of carboxylic acid groups (broad SMARTS) is 1. The van der Waals surface area contributed by atoms with Crippen molar-refractivity contribution in [2.45, 2.75) is 31.7 Å². The number of hydrogen-bond donors (Lipinski definition) is 2. The van der Waals surface area contributed by atoms with Crippen molar-refractivity contribution in [1.29, 1.82) is 0 Å². The maximum absolute atomic E-state index is 10.7. The molecule has 0 heterocycles. The molecular weight excluding hydrogens is 190 g/mol. The first-order valence-electron chi connectivity index (χ1n) is 5.10. The van der Waals surface area contributed by atoms with Gasteiger partial charge >= 0.3 is 5.97 Å². The molecule has 0 radical (unpaired) electrons. The first-order chi connectivity index (χ1) is 7.06. The lowest BCUT2D eigenvalue weighted by atomic mass is 9.86. The van der Waals surface area contributed by atoms with Crippen molar-refractivity contribution in [3.8, 4) is 0 Å². The number of carbonyl (C=O) groups is 1. The summed E-state index contributed by atoms with van der Waals surface area (Å²) in [6.45, 7) is 1.92. The van der Waals surface area contributed by atoms with Crippen LogP contribution in [0.5, 0.6) is 0 Å². The van der Waals surface area contributed by atoms with Gasteiger partial charge in [-0.3, -0.25) is 4.79 Å². The van der Waals surface area contributed by atoms with Gasteiger partial charge in [0.1, 0.15) is 0 Å². The zero-order valence-electron chi connectivity index (χ0n) is 8.94. The second-order valence-corrected chi connectivity index (χ2v) is 3.95. The molecule has 0 aromatic heterocycles. The maximum atomic E-state index is 10.7. The zero-order valence-corrected chi connectivity index (χ0v) is 8.94. The third-order valence-corrected chi connectivity index (χ3v) is 2.61. The highest BCUT2D eigenvalue weighted by atomic mass is 16.4. The average Bonchev–Trinajstić information content (AvgIpc) is 2.18. The fourth-order valence-corrected chi connectivity index (χ4v) is 1.62. The van der Waals surface area contributed by atoms with E-state index in [9.17, 15) is 4.79 Å². The molecule has 1 rings (SSSR count). The highest BCUT2D eigenvalue weighted by molar-refractivity contribution is 5.68. The summed E-state index contributed by atoms with van der Waals surface area (Å²) in [4.78, 5) is 10.7. The summed E-state index contributed by atoms with van der Waals surface area (Å²) in [7, 11) is 0. The van der Waals surface area contributed by atoms with Crippen LogP contribution in [0.4, 0.5) is 0 Å². The Morgan fingerprint density at radius 1 is 1.40 bits per heavy atom. The van der Waals surface area contributed by atoms with Gasteiger partial charge in [0, 0.05) is 5.54 Å². The highest BCUT2D eigenvalue weighted by Gasteiger charge is 2.26. The Bertz CT molecular complexity index is 324. The van der Waals surface area contributed by atoms with Crippen molar-refractivity contribution in [3.05, 3.63) is 35.9 Å². The van der Waals surface area contributed by atoms with Crippen LogP contribution in [-0.4, -0.2) is 16.6 Å². The number of hydrogen-bond acceptors (Lipinski definition) is 2. The van der Waals surface area contributed by atoms with Gasteiger partial charge in [0.2, 0.25) is 0 Å². The highest BCUT2D eigenvalue weighted by Crippen LogP contribution is 2.18. The Kier molecular flexibility index (Phi) is 3.86. The van der Waals surface area contributed by atoms with Crippen molar-refractivity contribution in [2.24, 2.45) is 5.73 Å². The number of rotatable bonds is 5. The van der Waals surface area contributed by atoms with Gasteiger partial charge in [-0.2, -0.15) is 0 Å². The Labute approximate surface area is 89.9 Å². The molecule has 0 fully saturated rings. The molecule has 15 heavy (non-hydrogen) atoms. The van der Waals surface area contributed by atoms with Gasteiger partial charge in [0.15, 0.2) is 0 Å². The third kappa shape index (κ3) is 3.72. The van der Waals surface area contributed by atoms with E-state index in [1.165, 1.54) is 0 Å². The molecule has 0 saturated heterocycles. The van der Waals surface area contributed by atoms with Crippen molar-refractivity contribution >= 4 is 5.97 Å². The van der Waals surface area contributed by atoms with Gasteiger partial charge in [-0.05, 0) is 18.4 Å². The standard InChI is InChI=1S/C12H17NO2/c1-2-12(13,9-11(14)15)8-10-6-4-3-5-7-10/h3-7H,2,8-9,13H2,1H3,(H,14,15). The average molecular weight is 207 g/mol.